The Balaban J connectivity index is 1.83. The first-order valence-electron chi connectivity index (χ1n) is 7.19. The molecule has 1 N–H and O–H groups in total. The first kappa shape index (κ1) is 15.3. The monoisotopic (exact) mass is 291 g/mol. The molecule has 0 aliphatic carbocycles. The van der Waals surface area contributed by atoms with Crippen molar-refractivity contribution in [1.82, 2.24) is 15.2 Å². The van der Waals surface area contributed by atoms with Crippen LogP contribution in [0.4, 0.5) is 4.79 Å². The number of hydrogen-bond acceptors (Lipinski definition) is 4. The minimum atomic E-state index is -0.524. The molecule has 114 valence electrons. The summed E-state index contributed by atoms with van der Waals surface area (Å²) in [6.45, 7) is 5.15. The molecule has 0 saturated carbocycles. The van der Waals surface area contributed by atoms with Gasteiger partial charge in [-0.2, -0.15) is 0 Å². The molecule has 0 radical (unpaired) electrons. The number of rotatable bonds is 6. The molecule has 6 heteroatoms. The van der Waals surface area contributed by atoms with E-state index in [0.29, 0.717) is 25.4 Å². The topological polar surface area (TPSA) is 71.5 Å². The third kappa shape index (κ3) is 4.18. The second-order valence-electron chi connectivity index (χ2n) is 5.50. The van der Waals surface area contributed by atoms with Gasteiger partial charge in [-0.3, -0.25) is 14.7 Å². The van der Waals surface area contributed by atoms with Gasteiger partial charge in [0.05, 0.1) is 0 Å². The van der Waals surface area contributed by atoms with Gasteiger partial charge >= 0.3 is 6.09 Å². The Morgan fingerprint density at radius 2 is 2.33 bits per heavy atom. The summed E-state index contributed by atoms with van der Waals surface area (Å²) in [6.07, 6.45) is 1.98. The lowest BCUT2D eigenvalue weighted by Crippen LogP contribution is -2.47. The Bertz CT molecular complexity index is 490. The van der Waals surface area contributed by atoms with Gasteiger partial charge in [-0.05, 0) is 18.1 Å². The highest BCUT2D eigenvalue weighted by Gasteiger charge is 2.37. The van der Waals surface area contributed by atoms with Crippen molar-refractivity contribution >= 4 is 12.0 Å². The molecule has 21 heavy (non-hydrogen) atoms. The Morgan fingerprint density at radius 3 is 3.00 bits per heavy atom. The molecule has 2 heterocycles. The lowest BCUT2D eigenvalue weighted by atomic mass is 10.1. The highest BCUT2D eigenvalue weighted by atomic mass is 16.6. The Morgan fingerprint density at radius 1 is 1.52 bits per heavy atom. The molecule has 1 aromatic heterocycles. The minimum Gasteiger partial charge on any atom is -0.447 e. The zero-order valence-electron chi connectivity index (χ0n) is 12.4. The molecule has 0 unspecified atom stereocenters. The second kappa shape index (κ2) is 7.06. The summed E-state index contributed by atoms with van der Waals surface area (Å²) in [5, 5.41) is 2.84. The van der Waals surface area contributed by atoms with Gasteiger partial charge in [0.25, 0.3) is 0 Å². The third-order valence-corrected chi connectivity index (χ3v) is 3.25. The van der Waals surface area contributed by atoms with Gasteiger partial charge in [0.15, 0.2) is 0 Å². The molecular weight excluding hydrogens is 270 g/mol. The van der Waals surface area contributed by atoms with E-state index in [4.69, 9.17) is 4.74 Å². The second-order valence-corrected chi connectivity index (χ2v) is 5.50. The number of hydrogen-bond donors (Lipinski definition) is 1. The van der Waals surface area contributed by atoms with Gasteiger partial charge in [-0.15, -0.1) is 0 Å². The van der Waals surface area contributed by atoms with Crippen LogP contribution >= 0.6 is 0 Å². The molecule has 1 aliphatic heterocycles. The zero-order valence-corrected chi connectivity index (χ0v) is 12.4. The van der Waals surface area contributed by atoms with E-state index in [0.717, 1.165) is 5.69 Å². The van der Waals surface area contributed by atoms with Crippen LogP contribution in [0.5, 0.6) is 0 Å². The number of carbonyl (C=O) groups excluding carboxylic acids is 2. The van der Waals surface area contributed by atoms with E-state index >= 15 is 0 Å². The van der Waals surface area contributed by atoms with E-state index in [2.05, 4.69) is 10.3 Å². The fraction of sp³-hybridized carbons (Fsp3) is 0.533. The predicted octanol–water partition coefficient (Wildman–Crippen LogP) is 1.22. The SMILES string of the molecule is CC(C)CN1C(=O)OC[C@H]1C(=O)NCCc1ccccn1. The lowest BCUT2D eigenvalue weighted by molar-refractivity contribution is -0.124. The number of nitrogens with one attached hydrogen (secondary N) is 1. The van der Waals surface area contributed by atoms with Crippen LogP contribution in [-0.2, 0) is 16.0 Å². The summed E-state index contributed by atoms with van der Waals surface area (Å²) in [6, 6.07) is 5.16. The van der Waals surface area contributed by atoms with Crippen LogP contribution in [0.2, 0.25) is 0 Å². The maximum Gasteiger partial charge on any atom is 0.410 e. The molecule has 1 atom stereocenters. The van der Waals surface area contributed by atoms with Crippen molar-refractivity contribution in [3.8, 4) is 0 Å². The van der Waals surface area contributed by atoms with Gasteiger partial charge in [0.1, 0.15) is 12.6 Å². The molecule has 1 saturated heterocycles. The summed E-state index contributed by atoms with van der Waals surface area (Å²) in [5.74, 6) is 0.122. The van der Waals surface area contributed by atoms with Crippen molar-refractivity contribution < 1.29 is 14.3 Å². The van der Waals surface area contributed by atoms with E-state index in [1.807, 2.05) is 32.0 Å². The van der Waals surface area contributed by atoms with E-state index in [1.54, 1.807) is 6.20 Å². The van der Waals surface area contributed by atoms with Crippen LogP contribution in [0, 0.1) is 5.92 Å². The van der Waals surface area contributed by atoms with E-state index in [1.165, 1.54) is 4.90 Å². The van der Waals surface area contributed by atoms with Gasteiger partial charge in [-0.1, -0.05) is 19.9 Å². The van der Waals surface area contributed by atoms with E-state index in [9.17, 15) is 9.59 Å². The molecular formula is C15H21N3O3. The Labute approximate surface area is 124 Å². The zero-order chi connectivity index (χ0) is 15.2. The Kier molecular flexibility index (Phi) is 5.14. The molecule has 0 bridgehead atoms. The highest BCUT2D eigenvalue weighted by Crippen LogP contribution is 2.14. The fourth-order valence-corrected chi connectivity index (χ4v) is 2.24. The van der Waals surface area contributed by atoms with Crippen LogP contribution < -0.4 is 5.32 Å². The molecule has 6 nitrogen and oxygen atoms in total. The molecule has 0 aromatic carbocycles. The average Bonchev–Trinajstić information content (AvgIpc) is 2.81. The predicted molar refractivity (Wildman–Crippen MR) is 77.6 cm³/mol. The van der Waals surface area contributed by atoms with E-state index < -0.39 is 12.1 Å². The Hall–Kier alpha value is -2.11. The number of aromatic nitrogens is 1. The van der Waals surface area contributed by atoms with Gasteiger partial charge < -0.3 is 10.1 Å². The summed E-state index contributed by atoms with van der Waals surface area (Å²) in [5.41, 5.74) is 0.926. The number of pyridine rings is 1. The molecule has 1 fully saturated rings. The summed E-state index contributed by atoms with van der Waals surface area (Å²) < 4.78 is 4.98. The van der Waals surface area contributed by atoms with Crippen LogP contribution in [0.1, 0.15) is 19.5 Å². The first-order chi connectivity index (χ1) is 10.1. The normalized spacial score (nSPS) is 18.0. The largest absolute Gasteiger partial charge is 0.447 e. The van der Waals surface area contributed by atoms with E-state index in [-0.39, 0.29) is 12.5 Å². The maximum absolute atomic E-state index is 12.2. The minimum absolute atomic E-state index is 0.126. The van der Waals surface area contributed by atoms with Crippen molar-refractivity contribution in [3.05, 3.63) is 30.1 Å². The molecule has 2 rings (SSSR count). The summed E-state index contributed by atoms with van der Waals surface area (Å²) in [7, 11) is 0. The van der Waals surface area contributed by atoms with Gasteiger partial charge in [0.2, 0.25) is 5.91 Å². The third-order valence-electron chi connectivity index (χ3n) is 3.25. The van der Waals surface area contributed by atoms with Crippen molar-refractivity contribution in [2.75, 3.05) is 19.7 Å². The standard InChI is InChI=1S/C15H21N3O3/c1-11(2)9-18-13(10-21-15(18)20)14(19)17-8-6-12-5-3-4-7-16-12/h3-5,7,11,13H,6,8-10H2,1-2H3,(H,17,19)/t13-/m0/s1. The van der Waals surface area contributed by atoms with Gasteiger partial charge in [-0.25, -0.2) is 4.79 Å². The summed E-state index contributed by atoms with van der Waals surface area (Å²) >= 11 is 0. The molecule has 1 aliphatic rings. The molecule has 2 amide bonds. The lowest BCUT2D eigenvalue weighted by Gasteiger charge is -2.22. The molecule has 1 aromatic rings. The quantitative estimate of drug-likeness (QED) is 0.855. The molecule has 0 spiro atoms. The smallest absolute Gasteiger partial charge is 0.410 e. The number of carbonyl (C=O) groups is 2. The highest BCUT2D eigenvalue weighted by molar-refractivity contribution is 5.87. The average molecular weight is 291 g/mol. The van der Waals surface area contributed by atoms with Crippen LogP contribution in [0.15, 0.2) is 24.4 Å². The van der Waals surface area contributed by atoms with Crippen molar-refractivity contribution in [3.63, 3.8) is 0 Å². The number of cyclic esters (lactones) is 1. The number of ether oxygens (including phenoxy) is 1. The van der Waals surface area contributed by atoms with Crippen molar-refractivity contribution in [2.45, 2.75) is 26.3 Å². The van der Waals surface area contributed by atoms with Gasteiger partial charge in [0, 0.05) is 31.4 Å². The van der Waals surface area contributed by atoms with Crippen LogP contribution in [-0.4, -0.2) is 47.6 Å². The number of amides is 2. The first-order valence-corrected chi connectivity index (χ1v) is 7.19. The number of nitrogens with zero attached hydrogens (tertiary/aromatic N) is 2. The van der Waals surface area contributed by atoms with Crippen LogP contribution in [0.25, 0.3) is 0 Å². The summed E-state index contributed by atoms with van der Waals surface area (Å²) in [4.78, 5) is 29.5. The van der Waals surface area contributed by atoms with Crippen LogP contribution in [0.3, 0.4) is 0 Å². The van der Waals surface area contributed by atoms with Crippen molar-refractivity contribution in [2.24, 2.45) is 5.92 Å². The maximum atomic E-state index is 12.2. The van der Waals surface area contributed by atoms with Crippen molar-refractivity contribution in [1.29, 1.82) is 0 Å². The fourth-order valence-electron chi connectivity index (χ4n) is 2.24.